The molecule has 0 radical (unpaired) electrons. The molecule has 0 saturated carbocycles. The van der Waals surface area contributed by atoms with Crippen molar-refractivity contribution in [3.05, 3.63) is 66.5 Å². The van der Waals surface area contributed by atoms with Crippen molar-refractivity contribution in [2.45, 2.75) is 44.2 Å². The van der Waals surface area contributed by atoms with Crippen LogP contribution in [0.25, 0.3) is 11.3 Å². The summed E-state index contributed by atoms with van der Waals surface area (Å²) in [7, 11) is 0. The molecule has 1 aromatic carbocycles. The molecule has 8 heteroatoms. The van der Waals surface area contributed by atoms with Crippen molar-refractivity contribution >= 4 is 17.4 Å². The fourth-order valence-corrected chi connectivity index (χ4v) is 4.48. The zero-order valence-electron chi connectivity index (χ0n) is 18.3. The Morgan fingerprint density at radius 1 is 1.09 bits per heavy atom. The first kappa shape index (κ1) is 21.5. The summed E-state index contributed by atoms with van der Waals surface area (Å²) in [6.45, 7) is 1.29. The van der Waals surface area contributed by atoms with Crippen LogP contribution in [-0.4, -0.2) is 45.0 Å². The standard InChI is InChI=1S/C25H26FN5O2/c26-18-7-3-8-19(14-18)28-23-15-20(17-6-4-11-27-16-17)29-24(30-23)21-9-1-2-12-31(21)25(32)22-10-5-13-33-22/h3-4,6-8,11,14-16,21-22H,1-2,5,9-10,12-13H2,(H,28,29,30)/t21-,22-/m0/s1. The number of aromatic nitrogens is 3. The number of carbonyl (C=O) groups excluding carboxylic acids is 1. The van der Waals surface area contributed by atoms with Gasteiger partial charge in [0.25, 0.3) is 5.91 Å². The molecule has 2 atom stereocenters. The molecular weight excluding hydrogens is 421 g/mol. The van der Waals surface area contributed by atoms with E-state index in [1.165, 1.54) is 12.1 Å². The number of nitrogens with one attached hydrogen (secondary N) is 1. The maximum atomic E-state index is 13.7. The highest BCUT2D eigenvalue weighted by Gasteiger charge is 2.36. The van der Waals surface area contributed by atoms with E-state index in [0.29, 0.717) is 36.2 Å². The fraction of sp³-hybridized carbons (Fsp3) is 0.360. The van der Waals surface area contributed by atoms with Gasteiger partial charge in [0.1, 0.15) is 17.7 Å². The van der Waals surface area contributed by atoms with Gasteiger partial charge in [-0.3, -0.25) is 9.78 Å². The molecule has 1 N–H and O–H groups in total. The molecule has 3 aromatic rings. The Bertz CT molecular complexity index is 1120. The predicted molar refractivity (Wildman–Crippen MR) is 122 cm³/mol. The first-order chi connectivity index (χ1) is 16.2. The van der Waals surface area contributed by atoms with Gasteiger partial charge in [0.05, 0.1) is 11.7 Å². The Balaban J connectivity index is 1.52. The molecule has 0 unspecified atom stereocenters. The third-order valence-corrected chi connectivity index (χ3v) is 6.09. The van der Waals surface area contributed by atoms with Gasteiger partial charge in [-0.2, -0.15) is 0 Å². The molecular formula is C25H26FN5O2. The summed E-state index contributed by atoms with van der Waals surface area (Å²) < 4.78 is 19.4. The van der Waals surface area contributed by atoms with Crippen LogP contribution in [0.15, 0.2) is 54.9 Å². The first-order valence-corrected chi connectivity index (χ1v) is 11.4. The van der Waals surface area contributed by atoms with Gasteiger partial charge in [-0.05, 0) is 62.4 Å². The van der Waals surface area contributed by atoms with E-state index in [1.807, 2.05) is 23.1 Å². The lowest BCUT2D eigenvalue weighted by Crippen LogP contribution is -2.44. The van der Waals surface area contributed by atoms with E-state index in [4.69, 9.17) is 14.7 Å². The summed E-state index contributed by atoms with van der Waals surface area (Å²) in [5.41, 5.74) is 2.13. The molecule has 0 aliphatic carbocycles. The first-order valence-electron chi connectivity index (χ1n) is 11.4. The second-order valence-electron chi connectivity index (χ2n) is 8.42. The number of benzene rings is 1. The highest BCUT2D eigenvalue weighted by Crippen LogP contribution is 2.33. The van der Waals surface area contributed by atoms with Gasteiger partial charge < -0.3 is 15.0 Å². The number of carbonyl (C=O) groups is 1. The molecule has 2 aliphatic heterocycles. The van der Waals surface area contributed by atoms with E-state index in [-0.39, 0.29) is 23.9 Å². The monoisotopic (exact) mass is 447 g/mol. The molecule has 4 heterocycles. The summed E-state index contributed by atoms with van der Waals surface area (Å²) in [5, 5.41) is 3.19. The molecule has 0 spiro atoms. The van der Waals surface area contributed by atoms with Crippen LogP contribution in [0, 0.1) is 5.82 Å². The van der Waals surface area contributed by atoms with Crippen molar-refractivity contribution < 1.29 is 13.9 Å². The van der Waals surface area contributed by atoms with E-state index in [1.54, 1.807) is 24.5 Å². The lowest BCUT2D eigenvalue weighted by Gasteiger charge is -2.36. The van der Waals surface area contributed by atoms with Crippen molar-refractivity contribution in [3.63, 3.8) is 0 Å². The normalized spacial score (nSPS) is 20.6. The van der Waals surface area contributed by atoms with Crippen molar-refractivity contribution in [1.29, 1.82) is 0 Å². The molecule has 33 heavy (non-hydrogen) atoms. The van der Waals surface area contributed by atoms with Crippen LogP contribution < -0.4 is 5.32 Å². The maximum Gasteiger partial charge on any atom is 0.252 e. The number of hydrogen-bond donors (Lipinski definition) is 1. The second-order valence-corrected chi connectivity index (χ2v) is 8.42. The molecule has 2 saturated heterocycles. The van der Waals surface area contributed by atoms with Crippen LogP contribution in [0.2, 0.25) is 0 Å². The minimum absolute atomic E-state index is 0.0206. The Labute approximate surface area is 192 Å². The van der Waals surface area contributed by atoms with Crippen LogP contribution in [0.1, 0.15) is 44.0 Å². The summed E-state index contributed by atoms with van der Waals surface area (Å²) in [6, 6.07) is 11.6. The third kappa shape index (κ3) is 4.85. The zero-order valence-corrected chi connectivity index (χ0v) is 18.3. The van der Waals surface area contributed by atoms with E-state index in [9.17, 15) is 9.18 Å². The Hall–Kier alpha value is -3.39. The van der Waals surface area contributed by atoms with Crippen LogP contribution in [0.3, 0.4) is 0 Å². The van der Waals surface area contributed by atoms with Gasteiger partial charge in [-0.25, -0.2) is 14.4 Å². The van der Waals surface area contributed by atoms with Crippen LogP contribution in [0.5, 0.6) is 0 Å². The molecule has 7 nitrogen and oxygen atoms in total. The van der Waals surface area contributed by atoms with E-state index >= 15 is 0 Å². The number of likely N-dealkylation sites (tertiary alicyclic amines) is 1. The van der Waals surface area contributed by atoms with Gasteiger partial charge in [0, 0.05) is 42.9 Å². The number of rotatable bonds is 5. The molecule has 2 aliphatic rings. The van der Waals surface area contributed by atoms with Gasteiger partial charge in [0.2, 0.25) is 0 Å². The topological polar surface area (TPSA) is 80.2 Å². The van der Waals surface area contributed by atoms with Crippen molar-refractivity contribution in [2.75, 3.05) is 18.5 Å². The Morgan fingerprint density at radius 2 is 2.03 bits per heavy atom. The number of pyridine rings is 1. The number of amides is 1. The van der Waals surface area contributed by atoms with Gasteiger partial charge in [-0.15, -0.1) is 0 Å². The van der Waals surface area contributed by atoms with Crippen LogP contribution in [-0.2, 0) is 9.53 Å². The van der Waals surface area contributed by atoms with Crippen LogP contribution in [0.4, 0.5) is 15.9 Å². The number of anilines is 2. The van der Waals surface area contributed by atoms with E-state index in [2.05, 4.69) is 10.3 Å². The summed E-state index contributed by atoms with van der Waals surface area (Å²) >= 11 is 0. The SMILES string of the molecule is O=C([C@@H]1CCCO1)N1CCCC[C@H]1c1nc(Nc2cccc(F)c2)cc(-c2cccnc2)n1. The van der Waals surface area contributed by atoms with Crippen LogP contribution >= 0.6 is 0 Å². The summed E-state index contributed by atoms with van der Waals surface area (Å²) in [5.74, 6) is 0.801. The Kier molecular flexibility index (Phi) is 6.26. The maximum absolute atomic E-state index is 13.7. The van der Waals surface area contributed by atoms with Crippen molar-refractivity contribution in [3.8, 4) is 11.3 Å². The molecule has 0 bridgehead atoms. The molecule has 2 fully saturated rings. The molecule has 5 rings (SSSR count). The number of halogens is 1. The van der Waals surface area contributed by atoms with Gasteiger partial charge in [-0.1, -0.05) is 6.07 Å². The van der Waals surface area contributed by atoms with Gasteiger partial charge >= 0.3 is 0 Å². The highest BCUT2D eigenvalue weighted by atomic mass is 19.1. The van der Waals surface area contributed by atoms with Crippen molar-refractivity contribution in [1.82, 2.24) is 19.9 Å². The molecule has 1 amide bonds. The number of nitrogens with zero attached hydrogens (tertiary/aromatic N) is 4. The number of ether oxygens (including phenoxy) is 1. The zero-order chi connectivity index (χ0) is 22.6. The Morgan fingerprint density at radius 3 is 2.82 bits per heavy atom. The predicted octanol–water partition coefficient (Wildman–Crippen LogP) is 4.65. The average molecular weight is 448 g/mol. The largest absolute Gasteiger partial charge is 0.368 e. The minimum Gasteiger partial charge on any atom is -0.368 e. The summed E-state index contributed by atoms with van der Waals surface area (Å²) in [4.78, 5) is 28.9. The van der Waals surface area contributed by atoms with Gasteiger partial charge in [0.15, 0.2) is 5.82 Å². The molecule has 170 valence electrons. The second kappa shape index (κ2) is 9.62. The fourth-order valence-electron chi connectivity index (χ4n) is 4.48. The van der Waals surface area contributed by atoms with E-state index < -0.39 is 0 Å². The van der Waals surface area contributed by atoms with Crippen molar-refractivity contribution in [2.24, 2.45) is 0 Å². The smallest absolute Gasteiger partial charge is 0.252 e. The minimum atomic E-state index is -0.378. The lowest BCUT2D eigenvalue weighted by atomic mass is 9.99. The summed E-state index contributed by atoms with van der Waals surface area (Å²) in [6.07, 6.45) is 7.47. The third-order valence-electron chi connectivity index (χ3n) is 6.09. The average Bonchev–Trinajstić information content (AvgIpc) is 3.39. The lowest BCUT2D eigenvalue weighted by molar-refractivity contribution is -0.145. The number of hydrogen-bond acceptors (Lipinski definition) is 6. The highest BCUT2D eigenvalue weighted by molar-refractivity contribution is 5.81. The number of piperidine rings is 1. The quantitative estimate of drug-likeness (QED) is 0.613. The molecule has 2 aromatic heterocycles. The van der Waals surface area contributed by atoms with E-state index in [0.717, 1.165) is 37.7 Å².